The van der Waals surface area contributed by atoms with Crippen molar-refractivity contribution in [2.24, 2.45) is 0 Å². The van der Waals surface area contributed by atoms with E-state index < -0.39 is 12.0 Å². The highest BCUT2D eigenvalue weighted by atomic mass is 32.2. The van der Waals surface area contributed by atoms with Crippen LogP contribution < -0.4 is 5.32 Å². The highest BCUT2D eigenvalue weighted by Gasteiger charge is 2.35. The molecule has 0 bridgehead atoms. The Morgan fingerprint density at radius 3 is 3.11 bits per heavy atom. The maximum Gasteiger partial charge on any atom is 0.320 e. The first-order chi connectivity index (χ1) is 8.48. The van der Waals surface area contributed by atoms with E-state index in [4.69, 9.17) is 5.11 Å². The van der Waals surface area contributed by atoms with Crippen molar-refractivity contribution in [2.75, 3.05) is 5.75 Å². The van der Waals surface area contributed by atoms with Gasteiger partial charge in [-0.15, -0.1) is 11.8 Å². The number of halogens is 1. The van der Waals surface area contributed by atoms with E-state index in [1.54, 1.807) is 17.8 Å². The topological polar surface area (TPSA) is 49.3 Å². The van der Waals surface area contributed by atoms with Crippen LogP contribution in [0.1, 0.15) is 18.9 Å². The van der Waals surface area contributed by atoms with E-state index in [2.05, 4.69) is 5.32 Å². The van der Waals surface area contributed by atoms with Gasteiger partial charge in [0.25, 0.3) is 0 Å². The average Bonchev–Trinajstić information content (AvgIpc) is 2.28. The van der Waals surface area contributed by atoms with Gasteiger partial charge in [0.15, 0.2) is 0 Å². The van der Waals surface area contributed by atoms with Crippen LogP contribution in [0, 0.1) is 5.82 Å². The van der Waals surface area contributed by atoms with Crippen LogP contribution in [0.4, 0.5) is 4.39 Å². The first-order valence-corrected chi connectivity index (χ1v) is 6.86. The van der Waals surface area contributed by atoms with Gasteiger partial charge in [-0.2, -0.15) is 0 Å². The molecule has 1 aliphatic rings. The molecule has 0 spiro atoms. The molecular weight excluding hydrogens is 253 g/mol. The lowest BCUT2D eigenvalue weighted by atomic mass is 10.0. The third kappa shape index (κ3) is 3.23. The molecule has 3 nitrogen and oxygen atoms in total. The number of carbonyl (C=O) groups is 1. The summed E-state index contributed by atoms with van der Waals surface area (Å²) in [6.45, 7) is 1.97. The van der Waals surface area contributed by atoms with E-state index in [0.29, 0.717) is 12.8 Å². The molecule has 2 N–H and O–H groups in total. The summed E-state index contributed by atoms with van der Waals surface area (Å²) in [5, 5.41) is 12.2. The van der Waals surface area contributed by atoms with E-state index in [0.717, 1.165) is 11.3 Å². The van der Waals surface area contributed by atoms with E-state index in [9.17, 15) is 9.18 Å². The van der Waals surface area contributed by atoms with Crippen LogP contribution in [0.15, 0.2) is 24.3 Å². The van der Waals surface area contributed by atoms with Gasteiger partial charge < -0.3 is 5.11 Å². The van der Waals surface area contributed by atoms with E-state index in [-0.39, 0.29) is 10.7 Å². The van der Waals surface area contributed by atoms with Crippen LogP contribution in [-0.2, 0) is 11.2 Å². The number of aliphatic carboxylic acids is 1. The van der Waals surface area contributed by atoms with Crippen LogP contribution in [0.2, 0.25) is 0 Å². The first-order valence-electron chi connectivity index (χ1n) is 5.87. The van der Waals surface area contributed by atoms with Crippen molar-refractivity contribution >= 4 is 17.7 Å². The van der Waals surface area contributed by atoms with Gasteiger partial charge in [0, 0.05) is 0 Å². The summed E-state index contributed by atoms with van der Waals surface area (Å²) in [6, 6.07) is 5.94. The molecule has 1 aromatic rings. The standard InChI is InChI=1S/C13H16FNO2S/c1-13(8-9-3-2-4-10(14)7-9)15-11(12(16)17)5-6-18-13/h2-4,7,11,15H,5-6,8H2,1H3,(H,16,17). The number of carboxylic acid groups (broad SMARTS) is 1. The number of carboxylic acids is 1. The summed E-state index contributed by atoms with van der Waals surface area (Å²) in [6.07, 6.45) is 1.23. The maximum atomic E-state index is 13.1. The van der Waals surface area contributed by atoms with Gasteiger partial charge in [-0.1, -0.05) is 12.1 Å². The molecule has 1 fully saturated rings. The van der Waals surface area contributed by atoms with Gasteiger partial charge in [-0.05, 0) is 43.2 Å². The van der Waals surface area contributed by atoms with Crippen LogP contribution in [0.5, 0.6) is 0 Å². The number of benzene rings is 1. The molecule has 1 aromatic carbocycles. The summed E-state index contributed by atoms with van der Waals surface area (Å²) in [4.78, 5) is 10.7. The Kier molecular flexibility index (Phi) is 3.92. The Hall–Kier alpha value is -1.07. The molecule has 2 unspecified atom stereocenters. The normalized spacial score (nSPS) is 28.0. The fourth-order valence-electron chi connectivity index (χ4n) is 2.21. The van der Waals surface area contributed by atoms with Crippen LogP contribution in [-0.4, -0.2) is 27.7 Å². The molecule has 5 heteroatoms. The van der Waals surface area contributed by atoms with Crippen molar-refractivity contribution in [1.82, 2.24) is 5.32 Å². The number of nitrogens with one attached hydrogen (secondary N) is 1. The highest BCUT2D eigenvalue weighted by molar-refractivity contribution is 8.00. The van der Waals surface area contributed by atoms with Crippen molar-refractivity contribution in [3.63, 3.8) is 0 Å². The zero-order valence-corrected chi connectivity index (χ0v) is 11.0. The minimum atomic E-state index is -0.819. The lowest BCUT2D eigenvalue weighted by Crippen LogP contribution is -2.54. The number of hydrogen-bond acceptors (Lipinski definition) is 3. The van der Waals surface area contributed by atoms with Crippen LogP contribution >= 0.6 is 11.8 Å². The summed E-state index contributed by atoms with van der Waals surface area (Å²) >= 11 is 1.69. The molecule has 2 rings (SSSR count). The van der Waals surface area contributed by atoms with Crippen molar-refractivity contribution in [1.29, 1.82) is 0 Å². The Labute approximate surface area is 110 Å². The van der Waals surface area contributed by atoms with Gasteiger partial charge in [-0.3, -0.25) is 10.1 Å². The number of hydrogen-bond donors (Lipinski definition) is 2. The maximum absolute atomic E-state index is 13.1. The molecule has 1 saturated heterocycles. The predicted molar refractivity (Wildman–Crippen MR) is 70.1 cm³/mol. The third-order valence-corrected chi connectivity index (χ3v) is 4.37. The van der Waals surface area contributed by atoms with Gasteiger partial charge in [0.05, 0.1) is 4.87 Å². The lowest BCUT2D eigenvalue weighted by molar-refractivity contribution is -0.140. The van der Waals surface area contributed by atoms with Gasteiger partial charge >= 0.3 is 5.97 Å². The van der Waals surface area contributed by atoms with Crippen molar-refractivity contribution in [3.05, 3.63) is 35.6 Å². The Balaban J connectivity index is 2.09. The van der Waals surface area contributed by atoms with Crippen molar-refractivity contribution < 1.29 is 14.3 Å². The second-order valence-corrected chi connectivity index (χ2v) is 6.31. The minimum Gasteiger partial charge on any atom is -0.480 e. The monoisotopic (exact) mass is 269 g/mol. The molecule has 0 saturated carbocycles. The SMILES string of the molecule is CC1(Cc2cccc(F)c2)NC(C(=O)O)CCS1. The quantitative estimate of drug-likeness (QED) is 0.883. The zero-order valence-electron chi connectivity index (χ0n) is 10.1. The van der Waals surface area contributed by atoms with Crippen molar-refractivity contribution in [2.45, 2.75) is 30.7 Å². The molecule has 98 valence electrons. The predicted octanol–water partition coefficient (Wildman–Crippen LogP) is 2.26. The van der Waals surface area contributed by atoms with Crippen LogP contribution in [0.3, 0.4) is 0 Å². The average molecular weight is 269 g/mol. The molecule has 0 aromatic heterocycles. The zero-order chi connectivity index (χ0) is 13.2. The number of thioether (sulfide) groups is 1. The molecular formula is C13H16FNO2S. The summed E-state index contributed by atoms with van der Waals surface area (Å²) in [5.41, 5.74) is 0.878. The molecule has 1 aliphatic heterocycles. The molecule has 1 heterocycles. The van der Waals surface area contributed by atoms with Crippen molar-refractivity contribution in [3.8, 4) is 0 Å². The molecule has 18 heavy (non-hydrogen) atoms. The summed E-state index contributed by atoms with van der Waals surface area (Å²) in [7, 11) is 0. The molecule has 0 radical (unpaired) electrons. The second kappa shape index (κ2) is 5.28. The van der Waals surface area contributed by atoms with Gasteiger partial charge in [0.2, 0.25) is 0 Å². The molecule has 2 atom stereocenters. The summed E-state index contributed by atoms with van der Waals surface area (Å²) < 4.78 is 13.1. The third-order valence-electron chi connectivity index (χ3n) is 3.04. The lowest BCUT2D eigenvalue weighted by Gasteiger charge is -2.37. The van der Waals surface area contributed by atoms with E-state index in [1.165, 1.54) is 12.1 Å². The van der Waals surface area contributed by atoms with E-state index >= 15 is 0 Å². The Bertz CT molecular complexity index is 454. The minimum absolute atomic E-state index is 0.258. The highest BCUT2D eigenvalue weighted by Crippen LogP contribution is 2.32. The largest absolute Gasteiger partial charge is 0.480 e. The number of rotatable bonds is 3. The fraction of sp³-hybridized carbons (Fsp3) is 0.462. The van der Waals surface area contributed by atoms with E-state index in [1.807, 2.05) is 13.0 Å². The van der Waals surface area contributed by atoms with Gasteiger partial charge in [0.1, 0.15) is 11.9 Å². The summed E-state index contributed by atoms with van der Waals surface area (Å²) in [5.74, 6) is -0.275. The van der Waals surface area contributed by atoms with Crippen LogP contribution in [0.25, 0.3) is 0 Å². The Morgan fingerprint density at radius 1 is 1.67 bits per heavy atom. The first kappa shape index (κ1) is 13.4. The molecule has 0 amide bonds. The fourth-order valence-corrected chi connectivity index (χ4v) is 3.51. The smallest absolute Gasteiger partial charge is 0.320 e. The second-order valence-electron chi connectivity index (χ2n) is 4.71. The Morgan fingerprint density at radius 2 is 2.44 bits per heavy atom. The van der Waals surface area contributed by atoms with Gasteiger partial charge in [-0.25, -0.2) is 4.39 Å². The molecule has 0 aliphatic carbocycles.